The Bertz CT molecular complexity index is 352. The number of nitrogens with two attached hydrogens (primary N) is 1. The lowest BCUT2D eigenvalue weighted by Crippen LogP contribution is -2.39. The van der Waals surface area contributed by atoms with E-state index in [-0.39, 0.29) is 12.6 Å². The van der Waals surface area contributed by atoms with Crippen molar-refractivity contribution in [3.05, 3.63) is 10.7 Å². The van der Waals surface area contributed by atoms with Crippen LogP contribution >= 0.6 is 15.9 Å². The molecule has 0 unspecified atom stereocenters. The number of hydrogen-bond donors (Lipinski definition) is 5. The molecule has 0 saturated heterocycles. The number of nitrogens with zero attached hydrogens (tertiary/aromatic N) is 2. The van der Waals surface area contributed by atoms with Gasteiger partial charge in [0.15, 0.2) is 0 Å². The SMILES string of the molecule is Nc1ncc(Br)c(N[C@H](CO)[C@H](O)CO)n1. The van der Waals surface area contributed by atoms with E-state index in [1.807, 2.05) is 0 Å². The number of aromatic nitrogens is 2. The van der Waals surface area contributed by atoms with Crippen LogP contribution in [0.2, 0.25) is 0 Å². The zero-order valence-electron chi connectivity index (χ0n) is 8.34. The van der Waals surface area contributed by atoms with Gasteiger partial charge in [0.2, 0.25) is 5.95 Å². The lowest BCUT2D eigenvalue weighted by molar-refractivity contribution is 0.0611. The first kappa shape index (κ1) is 13.1. The molecule has 6 N–H and O–H groups in total. The second kappa shape index (κ2) is 5.94. The second-order valence-electron chi connectivity index (χ2n) is 3.11. The first-order valence-corrected chi connectivity index (χ1v) is 5.32. The summed E-state index contributed by atoms with van der Waals surface area (Å²) in [5.41, 5.74) is 5.40. The average molecular weight is 293 g/mol. The summed E-state index contributed by atoms with van der Waals surface area (Å²) in [5.74, 6) is 0.417. The maximum absolute atomic E-state index is 9.38. The summed E-state index contributed by atoms with van der Waals surface area (Å²) in [6.07, 6.45) is 0.359. The molecule has 7 nitrogen and oxygen atoms in total. The summed E-state index contributed by atoms with van der Waals surface area (Å²) in [7, 11) is 0. The van der Waals surface area contributed by atoms with E-state index in [1.165, 1.54) is 6.20 Å². The summed E-state index contributed by atoms with van der Waals surface area (Å²) in [6.45, 7) is -0.811. The summed E-state index contributed by atoms with van der Waals surface area (Å²) in [6, 6.07) is -0.726. The molecule has 90 valence electrons. The zero-order valence-corrected chi connectivity index (χ0v) is 9.92. The number of aliphatic hydroxyl groups is 3. The van der Waals surface area contributed by atoms with Crippen molar-refractivity contribution in [3.63, 3.8) is 0 Å². The molecule has 1 aromatic rings. The van der Waals surface area contributed by atoms with Crippen molar-refractivity contribution in [2.24, 2.45) is 0 Å². The van der Waals surface area contributed by atoms with E-state index in [1.54, 1.807) is 0 Å². The molecular formula is C8H13BrN4O3. The molecule has 0 aromatic carbocycles. The van der Waals surface area contributed by atoms with E-state index in [0.717, 1.165) is 0 Å². The highest BCUT2D eigenvalue weighted by Crippen LogP contribution is 2.20. The molecule has 2 atom stereocenters. The van der Waals surface area contributed by atoms with Crippen LogP contribution in [0.5, 0.6) is 0 Å². The van der Waals surface area contributed by atoms with E-state index in [4.69, 9.17) is 15.9 Å². The van der Waals surface area contributed by atoms with Crippen LogP contribution in [0.4, 0.5) is 11.8 Å². The first-order chi connectivity index (χ1) is 7.58. The van der Waals surface area contributed by atoms with Gasteiger partial charge in [-0.05, 0) is 15.9 Å². The number of hydrogen-bond acceptors (Lipinski definition) is 7. The molecule has 0 bridgehead atoms. The smallest absolute Gasteiger partial charge is 0.221 e. The summed E-state index contributed by atoms with van der Waals surface area (Å²) < 4.78 is 0.547. The van der Waals surface area contributed by atoms with Gasteiger partial charge in [-0.1, -0.05) is 0 Å². The number of aliphatic hydroxyl groups excluding tert-OH is 3. The molecule has 0 fully saturated rings. The van der Waals surface area contributed by atoms with Crippen molar-refractivity contribution in [3.8, 4) is 0 Å². The van der Waals surface area contributed by atoms with Crippen LogP contribution in [0.15, 0.2) is 10.7 Å². The Morgan fingerprint density at radius 2 is 2.12 bits per heavy atom. The number of nitrogen functional groups attached to an aromatic ring is 1. The van der Waals surface area contributed by atoms with Crippen LogP contribution < -0.4 is 11.1 Å². The fourth-order valence-corrected chi connectivity index (χ4v) is 1.35. The van der Waals surface area contributed by atoms with Gasteiger partial charge in [-0.15, -0.1) is 0 Å². The Labute approximate surface area is 100 Å². The summed E-state index contributed by atoms with van der Waals surface area (Å²) >= 11 is 3.19. The van der Waals surface area contributed by atoms with Crippen molar-refractivity contribution < 1.29 is 15.3 Å². The average Bonchev–Trinajstić information content (AvgIpc) is 2.29. The quantitative estimate of drug-likeness (QED) is 0.469. The van der Waals surface area contributed by atoms with Gasteiger partial charge >= 0.3 is 0 Å². The van der Waals surface area contributed by atoms with E-state index in [9.17, 15) is 5.11 Å². The standard InChI is InChI=1S/C8H13BrN4O3/c9-4-1-11-8(10)13-7(4)12-5(2-14)6(16)3-15/h1,5-6,14-16H,2-3H2,(H3,10,11,12,13)/t5-,6-/m1/s1. The van der Waals surface area contributed by atoms with Gasteiger partial charge in [-0.2, -0.15) is 4.98 Å². The summed E-state index contributed by atoms with van der Waals surface area (Å²) in [4.78, 5) is 7.62. The Hall–Kier alpha value is -0.960. The molecule has 0 radical (unpaired) electrons. The molecule has 1 rings (SSSR count). The van der Waals surface area contributed by atoms with E-state index >= 15 is 0 Å². The molecule has 0 aliphatic heterocycles. The lowest BCUT2D eigenvalue weighted by atomic mass is 10.2. The minimum absolute atomic E-state index is 0.0703. The molecule has 1 aromatic heterocycles. The third-order valence-electron chi connectivity index (χ3n) is 1.93. The molecule has 16 heavy (non-hydrogen) atoms. The minimum Gasteiger partial charge on any atom is -0.394 e. The number of anilines is 2. The van der Waals surface area contributed by atoms with Crippen LogP contribution in [0.1, 0.15) is 0 Å². The first-order valence-electron chi connectivity index (χ1n) is 4.52. The zero-order chi connectivity index (χ0) is 12.1. The topological polar surface area (TPSA) is 125 Å². The maximum Gasteiger partial charge on any atom is 0.221 e. The van der Waals surface area contributed by atoms with Gasteiger partial charge in [0, 0.05) is 6.20 Å². The maximum atomic E-state index is 9.38. The van der Waals surface area contributed by atoms with Gasteiger partial charge in [0.25, 0.3) is 0 Å². The molecule has 1 heterocycles. The Balaban J connectivity index is 2.81. The lowest BCUT2D eigenvalue weighted by Gasteiger charge is -2.21. The van der Waals surface area contributed by atoms with Crippen LogP contribution in [0, 0.1) is 0 Å². The van der Waals surface area contributed by atoms with Crippen LogP contribution in [0.25, 0.3) is 0 Å². The molecular weight excluding hydrogens is 280 g/mol. The fourth-order valence-electron chi connectivity index (χ4n) is 1.05. The van der Waals surface area contributed by atoms with Crippen LogP contribution in [-0.4, -0.2) is 50.6 Å². The van der Waals surface area contributed by atoms with Crippen molar-refractivity contribution in [2.45, 2.75) is 12.1 Å². The van der Waals surface area contributed by atoms with Gasteiger partial charge in [0.05, 0.1) is 29.8 Å². The molecule has 8 heteroatoms. The minimum atomic E-state index is -1.09. The second-order valence-corrected chi connectivity index (χ2v) is 3.96. The number of halogens is 1. The highest BCUT2D eigenvalue weighted by Gasteiger charge is 2.19. The van der Waals surface area contributed by atoms with Gasteiger partial charge in [-0.3, -0.25) is 0 Å². The molecule has 0 amide bonds. The molecule has 0 spiro atoms. The Kier molecular flexibility index (Phi) is 4.87. The van der Waals surface area contributed by atoms with Gasteiger partial charge in [-0.25, -0.2) is 4.98 Å². The highest BCUT2D eigenvalue weighted by molar-refractivity contribution is 9.10. The molecule has 0 aliphatic rings. The predicted molar refractivity (Wildman–Crippen MR) is 61.7 cm³/mol. The molecule has 0 saturated carbocycles. The van der Waals surface area contributed by atoms with E-state index in [0.29, 0.717) is 10.3 Å². The third kappa shape index (κ3) is 3.27. The van der Waals surface area contributed by atoms with Crippen LogP contribution in [-0.2, 0) is 0 Å². The predicted octanol–water partition coefficient (Wildman–Crippen LogP) is -1.05. The number of nitrogens with one attached hydrogen (secondary N) is 1. The Morgan fingerprint density at radius 3 is 2.69 bits per heavy atom. The van der Waals surface area contributed by atoms with Crippen molar-refractivity contribution in [2.75, 3.05) is 24.3 Å². The highest BCUT2D eigenvalue weighted by atomic mass is 79.9. The third-order valence-corrected chi connectivity index (χ3v) is 2.51. The largest absolute Gasteiger partial charge is 0.394 e. The summed E-state index contributed by atoms with van der Waals surface area (Å²) in [5, 5.41) is 29.9. The monoisotopic (exact) mass is 292 g/mol. The van der Waals surface area contributed by atoms with Crippen molar-refractivity contribution >= 4 is 27.7 Å². The van der Waals surface area contributed by atoms with E-state index in [2.05, 4.69) is 31.2 Å². The van der Waals surface area contributed by atoms with Crippen LogP contribution in [0.3, 0.4) is 0 Å². The normalized spacial score (nSPS) is 14.5. The van der Waals surface area contributed by atoms with Gasteiger partial charge in [0.1, 0.15) is 5.82 Å². The fraction of sp³-hybridized carbons (Fsp3) is 0.500. The number of rotatable bonds is 5. The van der Waals surface area contributed by atoms with Crippen molar-refractivity contribution in [1.82, 2.24) is 9.97 Å². The van der Waals surface area contributed by atoms with Crippen molar-refractivity contribution in [1.29, 1.82) is 0 Å². The molecule has 0 aliphatic carbocycles. The van der Waals surface area contributed by atoms with Gasteiger partial charge < -0.3 is 26.4 Å². The van der Waals surface area contributed by atoms with E-state index < -0.39 is 18.8 Å². The Morgan fingerprint density at radius 1 is 1.44 bits per heavy atom.